The first kappa shape index (κ1) is 17.9. The molecule has 23 heavy (non-hydrogen) atoms. The van der Waals surface area contributed by atoms with Crippen molar-refractivity contribution in [1.82, 2.24) is 5.32 Å². The lowest BCUT2D eigenvalue weighted by Gasteiger charge is -2.38. The SMILES string of the molecule is CCCC1(C(=O)NC2CC(C)(C)Oc3ccc(N)cc32)CC1.Cl. The van der Waals surface area contributed by atoms with E-state index in [1.165, 1.54) is 0 Å². The maximum atomic E-state index is 12.7. The van der Waals surface area contributed by atoms with Crippen LogP contribution >= 0.6 is 12.4 Å². The molecule has 1 atom stereocenters. The predicted octanol–water partition coefficient (Wildman–Crippen LogP) is 3.99. The van der Waals surface area contributed by atoms with Crippen molar-refractivity contribution in [3.05, 3.63) is 23.8 Å². The lowest BCUT2D eigenvalue weighted by molar-refractivity contribution is -0.127. The minimum absolute atomic E-state index is 0. The number of nitrogen functional groups attached to an aromatic ring is 1. The highest BCUT2D eigenvalue weighted by Gasteiger charge is 2.49. The van der Waals surface area contributed by atoms with E-state index >= 15 is 0 Å². The third-order valence-corrected chi connectivity index (χ3v) is 4.86. The van der Waals surface area contributed by atoms with Gasteiger partial charge in [0, 0.05) is 23.1 Å². The Morgan fingerprint density at radius 1 is 1.39 bits per heavy atom. The number of ether oxygens (including phenoxy) is 1. The second-order valence-corrected chi connectivity index (χ2v) is 7.42. The van der Waals surface area contributed by atoms with Gasteiger partial charge in [-0.1, -0.05) is 13.3 Å². The number of carbonyl (C=O) groups excluding carboxylic acids is 1. The first-order valence-electron chi connectivity index (χ1n) is 8.25. The molecule has 0 saturated heterocycles. The van der Waals surface area contributed by atoms with Crippen LogP contribution in [0.2, 0.25) is 0 Å². The number of benzene rings is 1. The number of carbonyl (C=O) groups is 1. The molecular formula is C18H27ClN2O2. The molecule has 1 saturated carbocycles. The lowest BCUT2D eigenvalue weighted by Crippen LogP contribution is -2.43. The molecule has 3 N–H and O–H groups in total. The third kappa shape index (κ3) is 3.57. The average Bonchev–Trinajstić information content (AvgIpc) is 3.20. The fraction of sp³-hybridized carbons (Fsp3) is 0.611. The predicted molar refractivity (Wildman–Crippen MR) is 94.9 cm³/mol. The van der Waals surface area contributed by atoms with Crippen molar-refractivity contribution in [2.75, 3.05) is 5.73 Å². The van der Waals surface area contributed by atoms with Crippen LogP contribution in [0.5, 0.6) is 5.75 Å². The van der Waals surface area contributed by atoms with E-state index < -0.39 is 0 Å². The summed E-state index contributed by atoms with van der Waals surface area (Å²) >= 11 is 0. The highest BCUT2D eigenvalue weighted by Crippen LogP contribution is 2.51. The Morgan fingerprint density at radius 2 is 2.09 bits per heavy atom. The zero-order valence-corrected chi connectivity index (χ0v) is 15.0. The molecule has 1 amide bonds. The monoisotopic (exact) mass is 338 g/mol. The van der Waals surface area contributed by atoms with E-state index in [1.54, 1.807) is 0 Å². The van der Waals surface area contributed by atoms with Gasteiger partial charge in [0.05, 0.1) is 6.04 Å². The zero-order chi connectivity index (χ0) is 16.0. The van der Waals surface area contributed by atoms with Gasteiger partial charge in [-0.2, -0.15) is 0 Å². The second kappa shape index (κ2) is 6.23. The van der Waals surface area contributed by atoms with Gasteiger partial charge >= 0.3 is 0 Å². The summed E-state index contributed by atoms with van der Waals surface area (Å²) in [6, 6.07) is 5.65. The molecule has 1 unspecified atom stereocenters. The van der Waals surface area contributed by atoms with Gasteiger partial charge in [0.25, 0.3) is 0 Å². The van der Waals surface area contributed by atoms with Crippen molar-refractivity contribution in [1.29, 1.82) is 0 Å². The molecule has 4 nitrogen and oxygen atoms in total. The van der Waals surface area contributed by atoms with Crippen molar-refractivity contribution < 1.29 is 9.53 Å². The molecule has 1 fully saturated rings. The number of hydrogen-bond donors (Lipinski definition) is 2. The second-order valence-electron chi connectivity index (χ2n) is 7.42. The molecule has 0 radical (unpaired) electrons. The van der Waals surface area contributed by atoms with Crippen molar-refractivity contribution in [3.63, 3.8) is 0 Å². The number of fused-ring (bicyclic) bond motifs is 1. The molecule has 1 aliphatic heterocycles. The number of hydrogen-bond acceptors (Lipinski definition) is 3. The minimum Gasteiger partial charge on any atom is -0.487 e. The first-order chi connectivity index (χ1) is 10.4. The number of halogens is 1. The van der Waals surface area contributed by atoms with Crippen molar-refractivity contribution >= 4 is 24.0 Å². The van der Waals surface area contributed by atoms with E-state index in [-0.39, 0.29) is 35.4 Å². The van der Waals surface area contributed by atoms with E-state index in [1.807, 2.05) is 18.2 Å². The van der Waals surface area contributed by atoms with Gasteiger partial charge in [-0.3, -0.25) is 4.79 Å². The summed E-state index contributed by atoms with van der Waals surface area (Å²) in [5, 5.41) is 3.27. The van der Waals surface area contributed by atoms with E-state index in [2.05, 4.69) is 26.1 Å². The van der Waals surface area contributed by atoms with Crippen LogP contribution in [0.25, 0.3) is 0 Å². The molecular weight excluding hydrogens is 312 g/mol. The average molecular weight is 339 g/mol. The van der Waals surface area contributed by atoms with Gasteiger partial charge in [0.15, 0.2) is 0 Å². The number of anilines is 1. The molecule has 1 heterocycles. The van der Waals surface area contributed by atoms with E-state index in [9.17, 15) is 4.79 Å². The van der Waals surface area contributed by atoms with Crippen LogP contribution in [0, 0.1) is 5.41 Å². The van der Waals surface area contributed by atoms with Crippen LogP contribution in [0.15, 0.2) is 18.2 Å². The Morgan fingerprint density at radius 3 is 2.70 bits per heavy atom. The van der Waals surface area contributed by atoms with Crippen molar-refractivity contribution in [2.24, 2.45) is 5.41 Å². The van der Waals surface area contributed by atoms with Crippen LogP contribution in [0.1, 0.15) is 64.5 Å². The summed E-state index contributed by atoms with van der Waals surface area (Å²) < 4.78 is 6.03. The third-order valence-electron chi connectivity index (χ3n) is 4.86. The van der Waals surface area contributed by atoms with Crippen LogP contribution in [0.3, 0.4) is 0 Å². The van der Waals surface area contributed by atoms with Crippen LogP contribution in [-0.4, -0.2) is 11.5 Å². The highest BCUT2D eigenvalue weighted by molar-refractivity contribution is 5.86. The largest absolute Gasteiger partial charge is 0.487 e. The van der Waals surface area contributed by atoms with Crippen LogP contribution < -0.4 is 15.8 Å². The van der Waals surface area contributed by atoms with Gasteiger partial charge in [-0.25, -0.2) is 0 Å². The molecule has 3 rings (SSSR count). The standard InChI is InChI=1S/C18H26N2O2.ClH/c1-4-7-18(8-9-18)16(21)20-14-11-17(2,3)22-15-6-5-12(19)10-13(14)15;/h5-6,10,14H,4,7-9,11,19H2,1-3H3,(H,20,21);1H. The quantitative estimate of drug-likeness (QED) is 0.816. The maximum Gasteiger partial charge on any atom is 0.226 e. The Kier molecular flexibility index (Phi) is 4.86. The highest BCUT2D eigenvalue weighted by atomic mass is 35.5. The van der Waals surface area contributed by atoms with Gasteiger partial charge in [-0.15, -0.1) is 12.4 Å². The van der Waals surface area contributed by atoms with Crippen LogP contribution in [-0.2, 0) is 4.79 Å². The molecule has 1 aromatic rings. The topological polar surface area (TPSA) is 64.3 Å². The normalized spacial score (nSPS) is 23.0. The Bertz CT molecular complexity index is 597. The Labute approximate surface area is 144 Å². The molecule has 5 heteroatoms. The van der Waals surface area contributed by atoms with Gasteiger partial charge in [0.1, 0.15) is 11.4 Å². The summed E-state index contributed by atoms with van der Waals surface area (Å²) in [6.45, 7) is 6.26. The summed E-state index contributed by atoms with van der Waals surface area (Å²) in [5.41, 5.74) is 7.22. The Balaban J connectivity index is 0.00000192. The molecule has 1 aliphatic carbocycles. The summed E-state index contributed by atoms with van der Waals surface area (Å²) in [4.78, 5) is 12.7. The number of nitrogens with one attached hydrogen (secondary N) is 1. The summed E-state index contributed by atoms with van der Waals surface area (Å²) in [6.07, 6.45) is 4.83. The van der Waals surface area contributed by atoms with E-state index in [0.717, 1.165) is 43.4 Å². The maximum absolute atomic E-state index is 12.7. The molecule has 0 aromatic heterocycles. The van der Waals surface area contributed by atoms with Crippen molar-refractivity contribution in [2.45, 2.75) is 64.5 Å². The smallest absolute Gasteiger partial charge is 0.226 e. The Hall–Kier alpha value is -1.42. The van der Waals surface area contributed by atoms with Gasteiger partial charge in [-0.05, 0) is 51.3 Å². The van der Waals surface area contributed by atoms with Gasteiger partial charge in [0.2, 0.25) is 5.91 Å². The molecule has 1 aromatic carbocycles. The molecule has 0 bridgehead atoms. The number of amides is 1. The van der Waals surface area contributed by atoms with Gasteiger partial charge < -0.3 is 15.8 Å². The number of nitrogens with two attached hydrogens (primary N) is 1. The fourth-order valence-electron chi connectivity index (χ4n) is 3.53. The summed E-state index contributed by atoms with van der Waals surface area (Å²) in [5.74, 6) is 1.03. The fourth-order valence-corrected chi connectivity index (χ4v) is 3.53. The molecule has 2 aliphatic rings. The molecule has 0 spiro atoms. The zero-order valence-electron chi connectivity index (χ0n) is 14.1. The molecule has 128 valence electrons. The van der Waals surface area contributed by atoms with E-state index in [4.69, 9.17) is 10.5 Å². The van der Waals surface area contributed by atoms with Crippen molar-refractivity contribution in [3.8, 4) is 5.75 Å². The van der Waals surface area contributed by atoms with E-state index in [0.29, 0.717) is 5.69 Å². The first-order valence-corrected chi connectivity index (χ1v) is 8.25. The van der Waals surface area contributed by atoms with Crippen LogP contribution in [0.4, 0.5) is 5.69 Å². The number of rotatable bonds is 4. The lowest BCUT2D eigenvalue weighted by atomic mass is 9.88. The minimum atomic E-state index is -0.289. The summed E-state index contributed by atoms with van der Waals surface area (Å²) in [7, 11) is 0.